The summed E-state index contributed by atoms with van der Waals surface area (Å²) in [6.07, 6.45) is -1.01. The highest BCUT2D eigenvalue weighted by molar-refractivity contribution is 9.10. The van der Waals surface area contributed by atoms with Gasteiger partial charge in [0.2, 0.25) is 10.0 Å². The molecule has 0 bridgehead atoms. The molecule has 1 heterocycles. The first-order chi connectivity index (χ1) is 8.91. The molecule has 1 fully saturated rings. The van der Waals surface area contributed by atoms with Gasteiger partial charge in [-0.3, -0.25) is 0 Å². The first-order valence-corrected chi connectivity index (χ1v) is 7.88. The van der Waals surface area contributed by atoms with E-state index in [4.69, 9.17) is 5.11 Å². The van der Waals surface area contributed by atoms with Crippen molar-refractivity contribution >= 4 is 32.0 Å². The van der Waals surface area contributed by atoms with E-state index in [1.807, 2.05) is 0 Å². The van der Waals surface area contributed by atoms with Gasteiger partial charge in [0.15, 0.2) is 0 Å². The van der Waals surface area contributed by atoms with E-state index < -0.39 is 16.1 Å². The predicted octanol–water partition coefficient (Wildman–Crippen LogP) is 1.43. The van der Waals surface area contributed by atoms with Crippen LogP contribution in [0.1, 0.15) is 0 Å². The van der Waals surface area contributed by atoms with Crippen molar-refractivity contribution in [2.75, 3.05) is 26.2 Å². The Morgan fingerprint density at radius 3 is 2.37 bits per heavy atom. The molecule has 19 heavy (non-hydrogen) atoms. The molecule has 1 aromatic rings. The average molecular weight is 349 g/mol. The minimum absolute atomic E-state index is 0.182. The molecule has 0 saturated carbocycles. The van der Waals surface area contributed by atoms with Crippen molar-refractivity contribution in [1.29, 1.82) is 0 Å². The summed E-state index contributed by atoms with van der Waals surface area (Å²) in [5, 5.41) is 8.83. The summed E-state index contributed by atoms with van der Waals surface area (Å²) < 4.78 is 26.7. The Hall–Kier alpha value is -1.12. The van der Waals surface area contributed by atoms with Gasteiger partial charge in [-0.15, -0.1) is 0 Å². The SMILES string of the molecule is O=C(O)N1CCN(S(=O)(=O)c2cccc(Br)c2)CC1. The molecule has 1 aromatic carbocycles. The molecule has 0 radical (unpaired) electrons. The Bertz CT molecular complexity index is 582. The van der Waals surface area contributed by atoms with Crippen molar-refractivity contribution < 1.29 is 18.3 Å². The quantitative estimate of drug-likeness (QED) is 0.876. The van der Waals surface area contributed by atoms with E-state index in [9.17, 15) is 13.2 Å². The van der Waals surface area contributed by atoms with E-state index in [0.717, 1.165) is 0 Å². The van der Waals surface area contributed by atoms with Crippen LogP contribution in [0.4, 0.5) is 4.79 Å². The Morgan fingerprint density at radius 1 is 1.21 bits per heavy atom. The van der Waals surface area contributed by atoms with E-state index in [1.54, 1.807) is 18.2 Å². The Kier molecular flexibility index (Phi) is 4.12. The highest BCUT2D eigenvalue weighted by atomic mass is 79.9. The van der Waals surface area contributed by atoms with Crippen molar-refractivity contribution in [3.05, 3.63) is 28.7 Å². The van der Waals surface area contributed by atoms with Crippen molar-refractivity contribution in [2.24, 2.45) is 0 Å². The number of piperazine rings is 1. The maximum atomic E-state index is 12.4. The number of sulfonamides is 1. The number of halogens is 1. The van der Waals surface area contributed by atoms with Crippen LogP contribution < -0.4 is 0 Å². The van der Waals surface area contributed by atoms with E-state index in [0.29, 0.717) is 4.47 Å². The standard InChI is InChI=1S/C11H13BrN2O4S/c12-9-2-1-3-10(8-9)19(17,18)14-6-4-13(5-7-14)11(15)16/h1-3,8H,4-7H2,(H,15,16). The van der Waals surface area contributed by atoms with Gasteiger partial charge in [0.1, 0.15) is 0 Å². The van der Waals surface area contributed by atoms with Gasteiger partial charge < -0.3 is 10.0 Å². The third-order valence-electron chi connectivity index (χ3n) is 2.94. The van der Waals surface area contributed by atoms with Crippen molar-refractivity contribution in [3.8, 4) is 0 Å². The first-order valence-electron chi connectivity index (χ1n) is 5.65. The van der Waals surface area contributed by atoms with Crippen LogP contribution in [-0.4, -0.2) is 55.0 Å². The number of benzene rings is 1. The first kappa shape index (κ1) is 14.3. The van der Waals surface area contributed by atoms with Crippen LogP contribution >= 0.6 is 15.9 Å². The number of carboxylic acid groups (broad SMARTS) is 1. The number of amides is 1. The van der Waals surface area contributed by atoms with Gasteiger partial charge in [-0.1, -0.05) is 22.0 Å². The number of rotatable bonds is 2. The number of nitrogens with zero attached hydrogens (tertiary/aromatic N) is 2. The highest BCUT2D eigenvalue weighted by Gasteiger charge is 2.29. The van der Waals surface area contributed by atoms with E-state index >= 15 is 0 Å². The highest BCUT2D eigenvalue weighted by Crippen LogP contribution is 2.21. The molecule has 1 amide bonds. The maximum absolute atomic E-state index is 12.4. The Morgan fingerprint density at radius 2 is 1.84 bits per heavy atom. The van der Waals surface area contributed by atoms with Gasteiger partial charge >= 0.3 is 6.09 Å². The second-order valence-corrected chi connectivity index (χ2v) is 6.98. The van der Waals surface area contributed by atoms with E-state index in [-0.39, 0.29) is 31.1 Å². The molecular formula is C11H13BrN2O4S. The minimum Gasteiger partial charge on any atom is -0.465 e. The van der Waals surface area contributed by atoms with Gasteiger partial charge in [-0.2, -0.15) is 4.31 Å². The molecule has 0 aromatic heterocycles. The average Bonchev–Trinajstić information content (AvgIpc) is 2.39. The van der Waals surface area contributed by atoms with Crippen LogP contribution in [0.2, 0.25) is 0 Å². The van der Waals surface area contributed by atoms with Crippen molar-refractivity contribution in [1.82, 2.24) is 9.21 Å². The van der Waals surface area contributed by atoms with E-state index in [2.05, 4.69) is 15.9 Å². The second-order valence-electron chi connectivity index (χ2n) is 4.13. The fraction of sp³-hybridized carbons (Fsp3) is 0.364. The zero-order valence-electron chi connectivity index (χ0n) is 9.99. The third-order valence-corrected chi connectivity index (χ3v) is 5.33. The number of hydrogen-bond donors (Lipinski definition) is 1. The molecule has 1 aliphatic rings. The van der Waals surface area contributed by atoms with Crippen LogP contribution in [0.5, 0.6) is 0 Å². The Balaban J connectivity index is 2.16. The fourth-order valence-corrected chi connectivity index (χ4v) is 3.92. The number of carbonyl (C=O) groups is 1. The summed E-state index contributed by atoms with van der Waals surface area (Å²) in [7, 11) is -3.55. The largest absolute Gasteiger partial charge is 0.465 e. The van der Waals surface area contributed by atoms with Gasteiger partial charge in [-0.25, -0.2) is 13.2 Å². The topological polar surface area (TPSA) is 77.9 Å². The van der Waals surface area contributed by atoms with Gasteiger partial charge in [0.25, 0.3) is 0 Å². The zero-order valence-corrected chi connectivity index (χ0v) is 12.4. The van der Waals surface area contributed by atoms with Crippen LogP contribution in [0.3, 0.4) is 0 Å². The molecule has 2 rings (SSSR count). The molecule has 1 N–H and O–H groups in total. The molecule has 104 valence electrons. The molecule has 8 heteroatoms. The smallest absolute Gasteiger partial charge is 0.407 e. The molecule has 0 spiro atoms. The predicted molar refractivity (Wildman–Crippen MR) is 72.5 cm³/mol. The van der Waals surface area contributed by atoms with Crippen LogP contribution in [0, 0.1) is 0 Å². The van der Waals surface area contributed by atoms with Gasteiger partial charge in [0, 0.05) is 30.7 Å². The lowest BCUT2D eigenvalue weighted by Crippen LogP contribution is -2.50. The van der Waals surface area contributed by atoms with Crippen LogP contribution in [0.25, 0.3) is 0 Å². The normalized spacial score (nSPS) is 17.4. The lowest BCUT2D eigenvalue weighted by molar-refractivity contribution is 0.126. The summed E-state index contributed by atoms with van der Waals surface area (Å²) in [6.45, 7) is 0.757. The molecule has 1 saturated heterocycles. The maximum Gasteiger partial charge on any atom is 0.407 e. The van der Waals surface area contributed by atoms with Crippen molar-refractivity contribution in [2.45, 2.75) is 4.90 Å². The fourth-order valence-electron chi connectivity index (χ4n) is 1.90. The van der Waals surface area contributed by atoms with Crippen LogP contribution in [-0.2, 0) is 10.0 Å². The summed E-state index contributed by atoms with van der Waals surface area (Å²) >= 11 is 3.24. The zero-order chi connectivity index (χ0) is 14.0. The molecule has 1 aliphatic heterocycles. The summed E-state index contributed by atoms with van der Waals surface area (Å²) in [4.78, 5) is 12.2. The van der Waals surface area contributed by atoms with Crippen LogP contribution in [0.15, 0.2) is 33.6 Å². The Labute approximate surface area is 119 Å². The van der Waals surface area contributed by atoms with Crippen molar-refractivity contribution in [3.63, 3.8) is 0 Å². The molecule has 6 nitrogen and oxygen atoms in total. The lowest BCUT2D eigenvalue weighted by Gasteiger charge is -2.32. The van der Waals surface area contributed by atoms with Gasteiger partial charge in [0.05, 0.1) is 4.90 Å². The lowest BCUT2D eigenvalue weighted by atomic mass is 10.4. The summed E-state index contributed by atoms with van der Waals surface area (Å²) in [5.74, 6) is 0. The minimum atomic E-state index is -3.55. The second kappa shape index (κ2) is 5.48. The van der Waals surface area contributed by atoms with E-state index in [1.165, 1.54) is 15.3 Å². The molecule has 0 atom stereocenters. The molecule has 0 unspecified atom stereocenters. The monoisotopic (exact) mass is 348 g/mol. The summed E-state index contributed by atoms with van der Waals surface area (Å²) in [5.41, 5.74) is 0. The number of hydrogen-bond acceptors (Lipinski definition) is 3. The van der Waals surface area contributed by atoms with Gasteiger partial charge in [-0.05, 0) is 18.2 Å². The summed E-state index contributed by atoms with van der Waals surface area (Å²) in [6, 6.07) is 6.48. The molecular weight excluding hydrogens is 336 g/mol. The molecule has 0 aliphatic carbocycles. The third kappa shape index (κ3) is 3.07.